The zero-order chi connectivity index (χ0) is 19.4. The molecule has 0 unspecified atom stereocenters. The molecular formula is C19H21N3O4S. The first-order valence-corrected chi connectivity index (χ1v) is 10.0. The quantitative estimate of drug-likeness (QED) is 0.817. The first kappa shape index (κ1) is 19.1. The van der Waals surface area contributed by atoms with Crippen LogP contribution in [0.5, 0.6) is 0 Å². The Bertz CT molecular complexity index is 936. The van der Waals surface area contributed by atoms with E-state index in [1.54, 1.807) is 29.2 Å². The molecule has 1 aliphatic heterocycles. The molecule has 0 spiro atoms. The third-order valence-electron chi connectivity index (χ3n) is 4.43. The number of anilines is 1. The van der Waals surface area contributed by atoms with Crippen LogP contribution in [0, 0.1) is 0 Å². The third-order valence-corrected chi connectivity index (χ3v) is 6.32. The number of sulfonamides is 1. The molecule has 2 aromatic rings. The monoisotopic (exact) mass is 387 g/mol. The first-order chi connectivity index (χ1) is 12.9. The number of carbonyl (C=O) groups is 2. The Labute approximate surface area is 158 Å². The van der Waals surface area contributed by atoms with Crippen LogP contribution in [0.4, 0.5) is 10.5 Å². The summed E-state index contributed by atoms with van der Waals surface area (Å²) in [6, 6.07) is 14.9. The van der Waals surface area contributed by atoms with Gasteiger partial charge in [0.05, 0.1) is 4.90 Å². The van der Waals surface area contributed by atoms with Gasteiger partial charge in [-0.1, -0.05) is 30.3 Å². The van der Waals surface area contributed by atoms with Gasteiger partial charge in [-0.25, -0.2) is 13.2 Å². The summed E-state index contributed by atoms with van der Waals surface area (Å²) in [5.74, 6) is -0.186. The molecule has 142 valence electrons. The number of carbonyl (C=O) groups excluding carboxylic acids is 2. The highest BCUT2D eigenvalue weighted by Gasteiger charge is 2.30. The van der Waals surface area contributed by atoms with E-state index in [1.807, 2.05) is 18.2 Å². The van der Waals surface area contributed by atoms with Crippen LogP contribution in [0.3, 0.4) is 0 Å². The van der Waals surface area contributed by atoms with Gasteiger partial charge in [-0.2, -0.15) is 4.31 Å². The van der Waals surface area contributed by atoms with Gasteiger partial charge in [0.2, 0.25) is 10.0 Å². The van der Waals surface area contributed by atoms with Gasteiger partial charge in [0.1, 0.15) is 0 Å². The highest BCUT2D eigenvalue weighted by molar-refractivity contribution is 7.89. The molecule has 2 aromatic carbocycles. The SMILES string of the molecule is CC(=O)c1cccc(S(=O)(=O)N2CCN(C(=O)Nc3ccccc3)CC2)c1. The van der Waals surface area contributed by atoms with Gasteiger partial charge in [-0.05, 0) is 31.2 Å². The number of ketones is 1. The van der Waals surface area contributed by atoms with Crippen molar-refractivity contribution in [1.82, 2.24) is 9.21 Å². The molecule has 0 radical (unpaired) electrons. The number of amides is 2. The Hall–Kier alpha value is -2.71. The van der Waals surface area contributed by atoms with Crippen LogP contribution in [0.25, 0.3) is 0 Å². The molecule has 1 aliphatic rings. The number of hydrogen-bond donors (Lipinski definition) is 1. The molecule has 0 aliphatic carbocycles. The van der Waals surface area contributed by atoms with Gasteiger partial charge >= 0.3 is 6.03 Å². The average Bonchev–Trinajstić information content (AvgIpc) is 2.69. The fourth-order valence-electron chi connectivity index (χ4n) is 2.88. The molecule has 0 atom stereocenters. The van der Waals surface area contributed by atoms with E-state index in [9.17, 15) is 18.0 Å². The number of hydrogen-bond acceptors (Lipinski definition) is 4. The normalized spacial score (nSPS) is 15.4. The van der Waals surface area contributed by atoms with Crippen molar-refractivity contribution in [3.05, 3.63) is 60.2 Å². The largest absolute Gasteiger partial charge is 0.322 e. The summed E-state index contributed by atoms with van der Waals surface area (Å²) in [6.45, 7) is 2.40. The molecule has 1 N–H and O–H groups in total. The molecule has 27 heavy (non-hydrogen) atoms. The Morgan fingerprint density at radius 2 is 1.59 bits per heavy atom. The summed E-state index contributed by atoms with van der Waals surface area (Å²) in [7, 11) is -3.70. The van der Waals surface area contributed by atoms with Crippen molar-refractivity contribution >= 4 is 27.5 Å². The molecular weight excluding hydrogens is 366 g/mol. The van der Waals surface area contributed by atoms with E-state index >= 15 is 0 Å². The molecule has 1 fully saturated rings. The van der Waals surface area contributed by atoms with Crippen LogP contribution in [-0.2, 0) is 10.0 Å². The Morgan fingerprint density at radius 1 is 0.926 bits per heavy atom. The zero-order valence-electron chi connectivity index (χ0n) is 15.0. The topological polar surface area (TPSA) is 86.8 Å². The minimum atomic E-state index is -3.70. The summed E-state index contributed by atoms with van der Waals surface area (Å²) < 4.78 is 27.0. The Morgan fingerprint density at radius 3 is 2.22 bits per heavy atom. The maximum atomic E-state index is 12.8. The lowest BCUT2D eigenvalue weighted by atomic mass is 10.2. The van der Waals surface area contributed by atoms with Gasteiger partial charge in [0.15, 0.2) is 5.78 Å². The first-order valence-electron chi connectivity index (χ1n) is 8.60. The minimum absolute atomic E-state index is 0.0948. The maximum Gasteiger partial charge on any atom is 0.321 e. The summed E-state index contributed by atoms with van der Waals surface area (Å²) in [4.78, 5) is 25.5. The number of Topliss-reactive ketones (excluding diaryl/α,β-unsaturated/α-hetero) is 1. The minimum Gasteiger partial charge on any atom is -0.322 e. The highest BCUT2D eigenvalue weighted by atomic mass is 32.2. The molecule has 8 heteroatoms. The smallest absolute Gasteiger partial charge is 0.321 e. The van der Waals surface area contributed by atoms with Crippen molar-refractivity contribution < 1.29 is 18.0 Å². The number of benzene rings is 2. The van der Waals surface area contributed by atoms with Crippen LogP contribution in [0.2, 0.25) is 0 Å². The predicted molar refractivity (Wildman–Crippen MR) is 102 cm³/mol. The number of nitrogens with one attached hydrogen (secondary N) is 1. The standard InChI is InChI=1S/C19H21N3O4S/c1-15(23)16-6-5-9-18(14-16)27(25,26)22-12-10-21(11-13-22)19(24)20-17-7-3-2-4-8-17/h2-9,14H,10-13H2,1H3,(H,20,24). The molecule has 0 saturated carbocycles. The van der Waals surface area contributed by atoms with E-state index in [1.165, 1.54) is 23.4 Å². The predicted octanol–water partition coefficient (Wildman–Crippen LogP) is 2.43. The van der Waals surface area contributed by atoms with Crippen molar-refractivity contribution in [2.45, 2.75) is 11.8 Å². The summed E-state index contributed by atoms with van der Waals surface area (Å²) in [6.07, 6.45) is 0. The molecule has 1 heterocycles. The van der Waals surface area contributed by atoms with Crippen molar-refractivity contribution in [3.8, 4) is 0 Å². The summed E-state index contributed by atoms with van der Waals surface area (Å²) in [5, 5.41) is 2.80. The molecule has 0 bridgehead atoms. The lowest BCUT2D eigenvalue weighted by Gasteiger charge is -2.34. The van der Waals surface area contributed by atoms with Crippen LogP contribution in [0.15, 0.2) is 59.5 Å². The van der Waals surface area contributed by atoms with Gasteiger partial charge < -0.3 is 10.2 Å². The maximum absolute atomic E-state index is 12.8. The van der Waals surface area contributed by atoms with E-state index < -0.39 is 10.0 Å². The molecule has 1 saturated heterocycles. The van der Waals surface area contributed by atoms with Crippen LogP contribution in [-0.4, -0.2) is 55.6 Å². The second kappa shape index (κ2) is 7.89. The average molecular weight is 387 g/mol. The Balaban J connectivity index is 1.65. The number of para-hydroxylation sites is 1. The Kier molecular flexibility index (Phi) is 5.57. The summed E-state index contributed by atoms with van der Waals surface area (Å²) >= 11 is 0. The van der Waals surface area contributed by atoms with Crippen molar-refractivity contribution in [3.63, 3.8) is 0 Å². The van der Waals surface area contributed by atoms with E-state index in [4.69, 9.17) is 0 Å². The van der Waals surface area contributed by atoms with Crippen LogP contribution >= 0.6 is 0 Å². The van der Waals surface area contributed by atoms with E-state index in [0.29, 0.717) is 24.3 Å². The van der Waals surface area contributed by atoms with E-state index in [0.717, 1.165) is 0 Å². The van der Waals surface area contributed by atoms with Gasteiger partial charge in [0.25, 0.3) is 0 Å². The van der Waals surface area contributed by atoms with E-state index in [2.05, 4.69) is 5.32 Å². The van der Waals surface area contributed by atoms with Crippen LogP contribution in [0.1, 0.15) is 17.3 Å². The van der Waals surface area contributed by atoms with Crippen molar-refractivity contribution in [2.24, 2.45) is 0 Å². The van der Waals surface area contributed by atoms with Crippen LogP contribution < -0.4 is 5.32 Å². The number of rotatable bonds is 4. The fourth-order valence-corrected chi connectivity index (χ4v) is 4.35. The van der Waals surface area contributed by atoms with E-state index in [-0.39, 0.29) is 29.8 Å². The number of urea groups is 1. The van der Waals surface area contributed by atoms with Gasteiger partial charge in [-0.15, -0.1) is 0 Å². The second-order valence-corrected chi connectivity index (χ2v) is 8.21. The highest BCUT2D eigenvalue weighted by Crippen LogP contribution is 2.19. The molecule has 0 aromatic heterocycles. The third kappa shape index (κ3) is 4.35. The zero-order valence-corrected chi connectivity index (χ0v) is 15.8. The molecule has 2 amide bonds. The lowest BCUT2D eigenvalue weighted by molar-refractivity contribution is 0.101. The second-order valence-electron chi connectivity index (χ2n) is 6.27. The fraction of sp³-hybridized carbons (Fsp3) is 0.263. The summed E-state index contributed by atoms with van der Waals surface area (Å²) in [5.41, 5.74) is 1.05. The lowest BCUT2D eigenvalue weighted by Crippen LogP contribution is -2.51. The van der Waals surface area contributed by atoms with Gasteiger partial charge in [0, 0.05) is 37.4 Å². The van der Waals surface area contributed by atoms with Crippen molar-refractivity contribution in [2.75, 3.05) is 31.5 Å². The van der Waals surface area contributed by atoms with Gasteiger partial charge in [-0.3, -0.25) is 4.79 Å². The van der Waals surface area contributed by atoms with Crippen molar-refractivity contribution in [1.29, 1.82) is 0 Å². The number of nitrogens with zero attached hydrogens (tertiary/aromatic N) is 2. The molecule has 7 nitrogen and oxygen atoms in total. The number of piperazine rings is 1. The molecule has 3 rings (SSSR count).